The number of carbonyl (C=O) groups excluding carboxylic acids is 1. The van der Waals surface area contributed by atoms with E-state index in [1.807, 2.05) is 35.3 Å². The van der Waals surface area contributed by atoms with Gasteiger partial charge in [-0.25, -0.2) is 4.98 Å². The molecule has 4 aliphatic rings. The average molecular weight is 569 g/mol. The van der Waals surface area contributed by atoms with Crippen molar-refractivity contribution in [2.75, 3.05) is 20.1 Å². The summed E-state index contributed by atoms with van der Waals surface area (Å²) in [6.07, 6.45) is 15.1. The van der Waals surface area contributed by atoms with Crippen LogP contribution in [-0.2, 0) is 17.8 Å². The van der Waals surface area contributed by atoms with Gasteiger partial charge in [-0.2, -0.15) is 5.10 Å². The Morgan fingerprint density at radius 1 is 1.12 bits per heavy atom. The molecule has 4 fully saturated rings. The third-order valence-electron chi connectivity index (χ3n) is 10.7. The molecule has 1 aromatic heterocycles. The Balaban J connectivity index is 1.17. The first kappa shape index (κ1) is 28.1. The number of piperidine rings is 2. The summed E-state index contributed by atoms with van der Waals surface area (Å²) in [7, 11) is 2.13. The lowest BCUT2D eigenvalue weighted by molar-refractivity contribution is -0.137. The summed E-state index contributed by atoms with van der Waals surface area (Å²) >= 11 is 6.17. The van der Waals surface area contributed by atoms with Gasteiger partial charge in [0.2, 0.25) is 5.91 Å². The lowest BCUT2D eigenvalue weighted by Gasteiger charge is -2.48. The van der Waals surface area contributed by atoms with Crippen molar-refractivity contribution in [1.82, 2.24) is 29.9 Å². The second-order valence-corrected chi connectivity index (χ2v) is 13.5. The van der Waals surface area contributed by atoms with E-state index in [9.17, 15) is 9.90 Å². The zero-order valence-electron chi connectivity index (χ0n) is 23.8. The van der Waals surface area contributed by atoms with E-state index in [1.165, 1.54) is 32.1 Å². The van der Waals surface area contributed by atoms with Gasteiger partial charge in [-0.1, -0.05) is 43.0 Å². The molecule has 1 aliphatic carbocycles. The molecule has 6 rings (SSSR count). The molecule has 4 heterocycles. The molecule has 3 saturated heterocycles. The highest BCUT2D eigenvalue weighted by molar-refractivity contribution is 6.30. The molecule has 2 bridgehead atoms. The third kappa shape index (κ3) is 5.96. The lowest BCUT2D eigenvalue weighted by atomic mass is 9.63. The first-order chi connectivity index (χ1) is 19.4. The highest BCUT2D eigenvalue weighted by Crippen LogP contribution is 2.47. The SMILES string of the molecule is CN1C2CC(N[C@H](Cc3ccc(Cl)cc3)C(=O)N3CCC(Cn4cncn4)(C4CCCCC4)CC3)CC1C(O)C2. The number of hydrogen-bond acceptors (Lipinski definition) is 6. The predicted molar refractivity (Wildman–Crippen MR) is 156 cm³/mol. The van der Waals surface area contributed by atoms with Crippen molar-refractivity contribution in [2.45, 2.75) is 107 Å². The van der Waals surface area contributed by atoms with Crippen LogP contribution in [0.1, 0.15) is 69.8 Å². The topological polar surface area (TPSA) is 86.5 Å². The summed E-state index contributed by atoms with van der Waals surface area (Å²) in [5, 5.41) is 19.5. The highest BCUT2D eigenvalue weighted by atomic mass is 35.5. The van der Waals surface area contributed by atoms with Gasteiger partial charge < -0.3 is 15.3 Å². The van der Waals surface area contributed by atoms with Gasteiger partial charge in [-0.15, -0.1) is 0 Å². The number of likely N-dealkylation sites (N-methyl/N-ethyl adjacent to an activating group) is 1. The Bertz CT molecular complexity index is 1110. The van der Waals surface area contributed by atoms with Crippen LogP contribution in [-0.4, -0.2) is 86.0 Å². The van der Waals surface area contributed by atoms with Crippen LogP contribution in [0.25, 0.3) is 0 Å². The summed E-state index contributed by atoms with van der Waals surface area (Å²) < 4.78 is 2.01. The van der Waals surface area contributed by atoms with Crippen LogP contribution >= 0.6 is 11.6 Å². The van der Waals surface area contributed by atoms with E-state index < -0.39 is 0 Å². The minimum atomic E-state index is -0.288. The third-order valence-corrected chi connectivity index (χ3v) is 11.0. The summed E-state index contributed by atoms with van der Waals surface area (Å²) in [6, 6.07) is 8.38. The van der Waals surface area contributed by atoms with E-state index in [0.717, 1.165) is 57.3 Å². The highest BCUT2D eigenvalue weighted by Gasteiger charge is 2.46. The minimum Gasteiger partial charge on any atom is -0.391 e. The van der Waals surface area contributed by atoms with Crippen LogP contribution in [0.5, 0.6) is 0 Å². The van der Waals surface area contributed by atoms with Crippen LogP contribution in [0.3, 0.4) is 0 Å². The number of fused-ring (bicyclic) bond motifs is 2. The average Bonchev–Trinajstić information content (AvgIpc) is 3.52. The van der Waals surface area contributed by atoms with Crippen LogP contribution in [0, 0.1) is 11.3 Å². The number of halogens is 1. The number of hydrogen-bond donors (Lipinski definition) is 2. The molecule has 3 aliphatic heterocycles. The van der Waals surface area contributed by atoms with E-state index in [2.05, 4.69) is 32.2 Å². The molecular weight excluding hydrogens is 524 g/mol. The molecule has 8 nitrogen and oxygen atoms in total. The van der Waals surface area contributed by atoms with Crippen molar-refractivity contribution >= 4 is 17.5 Å². The Kier molecular flexibility index (Phi) is 8.50. The molecule has 0 spiro atoms. The van der Waals surface area contributed by atoms with Crippen molar-refractivity contribution < 1.29 is 9.90 Å². The summed E-state index contributed by atoms with van der Waals surface area (Å²) in [6.45, 7) is 2.48. The largest absolute Gasteiger partial charge is 0.391 e. The zero-order valence-corrected chi connectivity index (χ0v) is 24.6. The van der Waals surface area contributed by atoms with Crippen LogP contribution < -0.4 is 5.32 Å². The Morgan fingerprint density at radius 2 is 1.88 bits per heavy atom. The number of rotatable bonds is 8. The number of nitrogens with zero attached hydrogens (tertiary/aromatic N) is 5. The summed E-state index contributed by atoms with van der Waals surface area (Å²) in [5.74, 6) is 0.895. The van der Waals surface area contributed by atoms with Crippen LogP contribution in [0.4, 0.5) is 0 Å². The van der Waals surface area contributed by atoms with E-state index in [-0.39, 0.29) is 35.6 Å². The quantitative estimate of drug-likeness (QED) is 0.502. The molecule has 5 atom stereocenters. The van der Waals surface area contributed by atoms with Gasteiger partial charge >= 0.3 is 0 Å². The fraction of sp³-hybridized carbons (Fsp3) is 0.710. The molecule has 40 heavy (non-hydrogen) atoms. The number of aliphatic hydroxyl groups excluding tert-OH is 1. The Hall–Kier alpha value is -2.00. The van der Waals surface area contributed by atoms with E-state index in [0.29, 0.717) is 23.4 Å². The first-order valence-electron chi connectivity index (χ1n) is 15.4. The summed E-state index contributed by atoms with van der Waals surface area (Å²) in [5.41, 5.74) is 1.29. The first-order valence-corrected chi connectivity index (χ1v) is 15.8. The minimum absolute atomic E-state index is 0.172. The van der Waals surface area contributed by atoms with Gasteiger partial charge in [0.25, 0.3) is 0 Å². The van der Waals surface area contributed by atoms with Gasteiger partial charge in [0.15, 0.2) is 0 Å². The fourth-order valence-electron chi connectivity index (χ4n) is 8.38. The zero-order chi connectivity index (χ0) is 27.7. The molecule has 218 valence electrons. The molecule has 2 N–H and O–H groups in total. The van der Waals surface area contributed by atoms with Crippen LogP contribution in [0.2, 0.25) is 5.02 Å². The van der Waals surface area contributed by atoms with Gasteiger partial charge in [-0.3, -0.25) is 14.4 Å². The fourth-order valence-corrected chi connectivity index (χ4v) is 8.51. The molecule has 2 aromatic rings. The number of likely N-dealkylation sites (tertiary alicyclic amines) is 1. The number of nitrogens with one attached hydrogen (secondary N) is 1. The van der Waals surface area contributed by atoms with Crippen molar-refractivity contribution in [2.24, 2.45) is 11.3 Å². The molecular formula is C31H45ClN6O2. The Labute approximate surface area is 243 Å². The van der Waals surface area contributed by atoms with Crippen LogP contribution in [0.15, 0.2) is 36.9 Å². The van der Waals surface area contributed by atoms with Crippen molar-refractivity contribution in [1.29, 1.82) is 0 Å². The number of aliphatic hydroxyl groups is 1. The van der Waals surface area contributed by atoms with Gasteiger partial charge in [0, 0.05) is 42.8 Å². The normalized spacial score (nSPS) is 29.9. The van der Waals surface area contributed by atoms with Gasteiger partial charge in [0.05, 0.1) is 12.1 Å². The maximum Gasteiger partial charge on any atom is 0.240 e. The second kappa shape index (κ2) is 12.1. The smallest absolute Gasteiger partial charge is 0.240 e. The maximum atomic E-state index is 14.2. The van der Waals surface area contributed by atoms with E-state index >= 15 is 0 Å². The molecule has 9 heteroatoms. The van der Waals surface area contributed by atoms with E-state index in [1.54, 1.807) is 6.33 Å². The van der Waals surface area contributed by atoms with Gasteiger partial charge in [-0.05, 0) is 87.4 Å². The number of aromatic nitrogens is 3. The van der Waals surface area contributed by atoms with Crippen molar-refractivity contribution in [3.05, 3.63) is 47.5 Å². The monoisotopic (exact) mass is 568 g/mol. The number of carbonyl (C=O) groups is 1. The standard InChI is InChI=1S/C31H45ClN6O2/c1-36-26-16-25(17-28(36)29(39)18-26)35-27(15-22-7-9-24(32)10-8-22)30(40)37-13-11-31(12-14-37,19-38-21-33-20-34-38)23-5-3-2-4-6-23/h7-10,20-21,23,25-29,35,39H,2-6,11-19H2,1H3/t25?,26?,27-,28?,29?/m1/s1. The number of benzene rings is 1. The summed E-state index contributed by atoms with van der Waals surface area (Å²) in [4.78, 5) is 22.9. The van der Waals surface area contributed by atoms with Crippen molar-refractivity contribution in [3.63, 3.8) is 0 Å². The second-order valence-electron chi connectivity index (χ2n) is 13.0. The van der Waals surface area contributed by atoms with Gasteiger partial charge in [0.1, 0.15) is 12.7 Å². The van der Waals surface area contributed by atoms with E-state index in [4.69, 9.17) is 11.6 Å². The molecule has 4 unspecified atom stereocenters. The molecule has 1 amide bonds. The molecule has 0 radical (unpaired) electrons. The lowest BCUT2D eigenvalue weighted by Crippen LogP contribution is -2.57. The maximum absolute atomic E-state index is 14.2. The Morgan fingerprint density at radius 3 is 2.55 bits per heavy atom. The molecule has 1 saturated carbocycles. The van der Waals surface area contributed by atoms with Crippen molar-refractivity contribution in [3.8, 4) is 0 Å². The number of amides is 1. The molecule has 1 aromatic carbocycles. The predicted octanol–water partition coefficient (Wildman–Crippen LogP) is 3.92.